The third-order valence-corrected chi connectivity index (χ3v) is 4.68. The van der Waals surface area contributed by atoms with E-state index in [9.17, 15) is 9.90 Å². The second-order valence-corrected chi connectivity index (χ2v) is 6.67. The molecule has 0 radical (unpaired) electrons. The molecule has 1 atom stereocenters. The second kappa shape index (κ2) is 8.34. The SMILES string of the molecule is COc1ccc2c(c1)CN(CC(O)COc1ccc(C(C)=O)cc1)CC2. The third kappa shape index (κ3) is 4.62. The van der Waals surface area contributed by atoms with Gasteiger partial charge in [-0.05, 0) is 60.9 Å². The highest BCUT2D eigenvalue weighted by atomic mass is 16.5. The molecular weight excluding hydrogens is 330 g/mol. The van der Waals surface area contributed by atoms with Gasteiger partial charge in [-0.15, -0.1) is 0 Å². The smallest absolute Gasteiger partial charge is 0.159 e. The van der Waals surface area contributed by atoms with Crippen LogP contribution in [0.3, 0.4) is 0 Å². The minimum absolute atomic E-state index is 0.0265. The van der Waals surface area contributed by atoms with E-state index in [0.29, 0.717) is 17.9 Å². The van der Waals surface area contributed by atoms with Gasteiger partial charge in [0.15, 0.2) is 5.78 Å². The van der Waals surface area contributed by atoms with Crippen molar-refractivity contribution in [2.45, 2.75) is 26.0 Å². The predicted octanol–water partition coefficient (Wildman–Crippen LogP) is 2.70. The number of hydrogen-bond acceptors (Lipinski definition) is 5. The quantitative estimate of drug-likeness (QED) is 0.774. The van der Waals surface area contributed by atoms with Crippen LogP contribution in [0.15, 0.2) is 42.5 Å². The molecule has 0 spiro atoms. The highest BCUT2D eigenvalue weighted by Crippen LogP contribution is 2.24. The lowest BCUT2D eigenvalue weighted by Crippen LogP contribution is -2.38. The van der Waals surface area contributed by atoms with E-state index >= 15 is 0 Å². The topological polar surface area (TPSA) is 59.0 Å². The molecule has 1 unspecified atom stereocenters. The number of nitrogens with zero attached hydrogens (tertiary/aromatic N) is 1. The fourth-order valence-electron chi connectivity index (χ4n) is 3.20. The summed E-state index contributed by atoms with van der Waals surface area (Å²) in [7, 11) is 1.67. The van der Waals surface area contributed by atoms with E-state index in [-0.39, 0.29) is 12.4 Å². The summed E-state index contributed by atoms with van der Waals surface area (Å²) < 4.78 is 10.9. The fourth-order valence-corrected chi connectivity index (χ4v) is 3.20. The Morgan fingerprint density at radius 1 is 1.15 bits per heavy atom. The van der Waals surface area contributed by atoms with E-state index in [1.807, 2.05) is 6.07 Å². The summed E-state index contributed by atoms with van der Waals surface area (Å²) in [5.74, 6) is 1.55. The number of aliphatic hydroxyl groups excluding tert-OH is 1. The number of ether oxygens (including phenoxy) is 2. The van der Waals surface area contributed by atoms with Crippen molar-refractivity contribution in [1.82, 2.24) is 4.90 Å². The van der Waals surface area contributed by atoms with Crippen LogP contribution in [-0.2, 0) is 13.0 Å². The Kier molecular flexibility index (Phi) is 5.91. The van der Waals surface area contributed by atoms with Crippen LogP contribution in [0, 0.1) is 0 Å². The van der Waals surface area contributed by atoms with Gasteiger partial charge in [0, 0.05) is 25.2 Å². The highest BCUT2D eigenvalue weighted by molar-refractivity contribution is 5.94. The van der Waals surface area contributed by atoms with Gasteiger partial charge < -0.3 is 14.6 Å². The minimum atomic E-state index is -0.574. The lowest BCUT2D eigenvalue weighted by molar-refractivity contribution is 0.0637. The molecule has 0 saturated heterocycles. The monoisotopic (exact) mass is 355 g/mol. The first-order valence-electron chi connectivity index (χ1n) is 8.85. The predicted molar refractivity (Wildman–Crippen MR) is 99.9 cm³/mol. The van der Waals surface area contributed by atoms with Crippen molar-refractivity contribution < 1.29 is 19.4 Å². The fraction of sp³-hybridized carbons (Fsp3) is 0.381. The van der Waals surface area contributed by atoms with Crippen LogP contribution in [0.5, 0.6) is 11.5 Å². The summed E-state index contributed by atoms with van der Waals surface area (Å²) in [4.78, 5) is 13.5. The molecule has 0 saturated carbocycles. The molecule has 26 heavy (non-hydrogen) atoms. The van der Waals surface area contributed by atoms with Gasteiger partial charge in [-0.3, -0.25) is 9.69 Å². The number of carbonyl (C=O) groups excluding carboxylic acids is 1. The van der Waals surface area contributed by atoms with Crippen molar-refractivity contribution in [3.63, 3.8) is 0 Å². The molecule has 0 bridgehead atoms. The zero-order valence-corrected chi connectivity index (χ0v) is 15.3. The first-order chi connectivity index (χ1) is 12.5. The lowest BCUT2D eigenvalue weighted by Gasteiger charge is -2.30. The van der Waals surface area contributed by atoms with Gasteiger partial charge in [0.05, 0.1) is 7.11 Å². The number of β-amino-alcohol motifs (C(OH)–C–C–N with tert-alkyl or cyclic N) is 1. The van der Waals surface area contributed by atoms with Crippen molar-refractivity contribution in [3.05, 3.63) is 59.2 Å². The molecule has 0 amide bonds. The Morgan fingerprint density at radius 2 is 1.88 bits per heavy atom. The van der Waals surface area contributed by atoms with Crippen LogP contribution >= 0.6 is 0 Å². The average Bonchev–Trinajstić information content (AvgIpc) is 2.66. The first kappa shape index (κ1) is 18.4. The van der Waals surface area contributed by atoms with Crippen LogP contribution in [-0.4, -0.2) is 48.7 Å². The Labute approximate surface area is 154 Å². The Bertz CT molecular complexity index is 757. The highest BCUT2D eigenvalue weighted by Gasteiger charge is 2.19. The summed E-state index contributed by atoms with van der Waals surface area (Å²) in [5, 5.41) is 10.3. The van der Waals surface area contributed by atoms with Gasteiger partial charge in [-0.2, -0.15) is 0 Å². The molecule has 2 aromatic carbocycles. The Balaban J connectivity index is 1.50. The number of methoxy groups -OCH3 is 1. The standard InChI is InChI=1S/C21H25NO4/c1-15(23)16-3-6-20(7-4-16)26-14-19(24)13-22-10-9-17-5-8-21(25-2)11-18(17)12-22/h3-8,11,19,24H,9-10,12-14H2,1-2H3. The van der Waals surface area contributed by atoms with Crippen molar-refractivity contribution in [2.24, 2.45) is 0 Å². The van der Waals surface area contributed by atoms with Gasteiger partial charge in [0.2, 0.25) is 0 Å². The summed E-state index contributed by atoms with van der Waals surface area (Å²) in [6.07, 6.45) is 0.397. The Hall–Kier alpha value is -2.37. The number of Topliss-reactive ketones (excluding diaryl/α,β-unsaturated/α-hetero) is 1. The maximum absolute atomic E-state index is 11.3. The summed E-state index contributed by atoms with van der Waals surface area (Å²) in [6, 6.07) is 13.2. The normalized spacial score (nSPS) is 15.2. The molecular formula is C21H25NO4. The number of rotatable bonds is 7. The molecule has 2 aromatic rings. The number of carbonyl (C=O) groups is 1. The van der Waals surface area contributed by atoms with Crippen molar-refractivity contribution >= 4 is 5.78 Å². The van der Waals surface area contributed by atoms with E-state index in [4.69, 9.17) is 9.47 Å². The average molecular weight is 355 g/mol. The van der Waals surface area contributed by atoms with Crippen LogP contribution < -0.4 is 9.47 Å². The van der Waals surface area contributed by atoms with Gasteiger partial charge in [0.1, 0.15) is 24.2 Å². The molecule has 5 nitrogen and oxygen atoms in total. The molecule has 1 aliphatic rings. The molecule has 0 aromatic heterocycles. The number of aliphatic hydroxyl groups is 1. The molecule has 1 aliphatic heterocycles. The molecule has 3 rings (SSSR count). The lowest BCUT2D eigenvalue weighted by atomic mass is 9.99. The zero-order chi connectivity index (χ0) is 18.5. The second-order valence-electron chi connectivity index (χ2n) is 6.67. The Morgan fingerprint density at radius 3 is 2.58 bits per heavy atom. The van der Waals surface area contributed by atoms with Crippen LogP contribution in [0.1, 0.15) is 28.4 Å². The van der Waals surface area contributed by atoms with E-state index in [1.54, 1.807) is 31.4 Å². The van der Waals surface area contributed by atoms with Crippen molar-refractivity contribution in [2.75, 3.05) is 26.8 Å². The molecule has 0 fully saturated rings. The van der Waals surface area contributed by atoms with Crippen molar-refractivity contribution in [1.29, 1.82) is 0 Å². The molecule has 0 aliphatic carbocycles. The van der Waals surface area contributed by atoms with E-state index in [0.717, 1.165) is 25.3 Å². The number of fused-ring (bicyclic) bond motifs is 1. The molecule has 1 N–H and O–H groups in total. The maximum atomic E-state index is 11.3. The third-order valence-electron chi connectivity index (χ3n) is 4.68. The molecule has 138 valence electrons. The van der Waals surface area contributed by atoms with Crippen LogP contribution in [0.2, 0.25) is 0 Å². The van der Waals surface area contributed by atoms with Crippen LogP contribution in [0.4, 0.5) is 0 Å². The van der Waals surface area contributed by atoms with E-state index in [1.165, 1.54) is 18.1 Å². The van der Waals surface area contributed by atoms with Crippen LogP contribution in [0.25, 0.3) is 0 Å². The van der Waals surface area contributed by atoms with Gasteiger partial charge >= 0.3 is 0 Å². The van der Waals surface area contributed by atoms with Gasteiger partial charge in [0.25, 0.3) is 0 Å². The molecule has 1 heterocycles. The van der Waals surface area contributed by atoms with Crippen molar-refractivity contribution in [3.8, 4) is 11.5 Å². The van der Waals surface area contributed by atoms with Gasteiger partial charge in [-0.25, -0.2) is 0 Å². The summed E-state index contributed by atoms with van der Waals surface area (Å²) >= 11 is 0. The molecule has 5 heteroatoms. The minimum Gasteiger partial charge on any atom is -0.497 e. The first-order valence-corrected chi connectivity index (χ1v) is 8.85. The number of benzene rings is 2. The van der Waals surface area contributed by atoms with E-state index in [2.05, 4.69) is 17.0 Å². The largest absolute Gasteiger partial charge is 0.497 e. The maximum Gasteiger partial charge on any atom is 0.159 e. The number of hydrogen-bond donors (Lipinski definition) is 1. The summed E-state index contributed by atoms with van der Waals surface area (Å²) in [6.45, 7) is 4.04. The number of ketones is 1. The van der Waals surface area contributed by atoms with E-state index < -0.39 is 6.10 Å². The zero-order valence-electron chi connectivity index (χ0n) is 15.3. The van der Waals surface area contributed by atoms with Gasteiger partial charge in [-0.1, -0.05) is 6.07 Å². The summed E-state index contributed by atoms with van der Waals surface area (Å²) in [5.41, 5.74) is 3.25.